The topological polar surface area (TPSA) is 248 Å². The monoisotopic (exact) mass is 488 g/mol. The molecule has 33 heavy (non-hydrogen) atoms. The molecule has 0 saturated carbocycles. The van der Waals surface area contributed by atoms with Crippen LogP contribution in [0.2, 0.25) is 0 Å². The average Bonchev–Trinajstić information content (AvgIpc) is 2.79. The zero-order chi connectivity index (χ0) is 24.6. The van der Waals surface area contributed by atoms with Gasteiger partial charge in [-0.15, -0.1) is 0 Å². The summed E-state index contributed by atoms with van der Waals surface area (Å²) >= 11 is 0. The van der Waals surface area contributed by atoms with Crippen molar-refractivity contribution in [2.24, 2.45) is 0 Å². The predicted octanol–water partition coefficient (Wildman–Crippen LogP) is -6.55. The van der Waals surface area contributed by atoms with Crippen molar-refractivity contribution >= 4 is 0 Å². The van der Waals surface area contributed by atoms with Crippen molar-refractivity contribution < 1.29 is 74.7 Å². The first-order valence-electron chi connectivity index (χ1n) is 10.4. The standard InChI is InChI=1S/C18H32O15/c1-4-14(10(24)11(25)16(28)29-4)32-18-13(27)15(8(22)6(3-20)31-18)33-17-12(26)9(23)7(21)5(2-19)30-17/h4-28H,2-3H2,1H3/t4-,5+,6+,7+,8+,9-,10-,11+,12+,13+,14-,15-,16+,17-,18-/m0/s1. The number of rotatable bonds is 6. The van der Waals surface area contributed by atoms with Crippen molar-refractivity contribution in [2.45, 2.75) is 99.0 Å². The molecule has 3 aliphatic rings. The molecule has 15 heteroatoms. The Kier molecular flexibility index (Phi) is 8.99. The summed E-state index contributed by atoms with van der Waals surface area (Å²) in [7, 11) is 0. The van der Waals surface area contributed by atoms with E-state index < -0.39 is 105 Å². The molecule has 15 nitrogen and oxygen atoms in total. The van der Waals surface area contributed by atoms with Gasteiger partial charge in [0.05, 0.1) is 19.3 Å². The second kappa shape index (κ2) is 11.0. The average molecular weight is 488 g/mol. The molecule has 0 amide bonds. The summed E-state index contributed by atoms with van der Waals surface area (Å²) in [6, 6.07) is 0. The van der Waals surface area contributed by atoms with Gasteiger partial charge in [-0.3, -0.25) is 0 Å². The molecule has 3 heterocycles. The van der Waals surface area contributed by atoms with E-state index >= 15 is 0 Å². The molecule has 0 aromatic carbocycles. The summed E-state index contributed by atoms with van der Waals surface area (Å²) in [6.07, 6.45) is -23.8. The second-order valence-corrected chi connectivity index (χ2v) is 8.32. The Labute approximate surface area is 187 Å². The maximum absolute atomic E-state index is 10.7. The van der Waals surface area contributed by atoms with Gasteiger partial charge < -0.3 is 74.7 Å². The first-order valence-corrected chi connectivity index (χ1v) is 10.4. The van der Waals surface area contributed by atoms with Crippen LogP contribution in [0.1, 0.15) is 6.92 Å². The normalized spacial score (nSPS) is 53.7. The van der Waals surface area contributed by atoms with Gasteiger partial charge in [0.25, 0.3) is 0 Å². The minimum Gasteiger partial charge on any atom is -0.394 e. The smallest absolute Gasteiger partial charge is 0.187 e. The van der Waals surface area contributed by atoms with Gasteiger partial charge >= 0.3 is 0 Å². The highest BCUT2D eigenvalue weighted by Crippen LogP contribution is 2.32. The highest BCUT2D eigenvalue weighted by molar-refractivity contribution is 4.95. The van der Waals surface area contributed by atoms with Gasteiger partial charge in [-0.2, -0.15) is 0 Å². The Morgan fingerprint density at radius 1 is 0.545 bits per heavy atom. The maximum Gasteiger partial charge on any atom is 0.187 e. The molecule has 10 N–H and O–H groups in total. The molecule has 0 spiro atoms. The van der Waals surface area contributed by atoms with E-state index in [0.717, 1.165) is 0 Å². The van der Waals surface area contributed by atoms with Crippen molar-refractivity contribution in [1.29, 1.82) is 0 Å². The van der Waals surface area contributed by atoms with Gasteiger partial charge in [0.15, 0.2) is 18.9 Å². The van der Waals surface area contributed by atoms with Gasteiger partial charge in [-0.25, -0.2) is 0 Å². The minimum atomic E-state index is -1.83. The molecule has 3 fully saturated rings. The fraction of sp³-hybridized carbons (Fsp3) is 1.00. The third-order valence-corrected chi connectivity index (χ3v) is 6.05. The second-order valence-electron chi connectivity index (χ2n) is 8.32. The third kappa shape index (κ3) is 5.32. The van der Waals surface area contributed by atoms with E-state index in [1.165, 1.54) is 6.92 Å². The molecule has 15 atom stereocenters. The van der Waals surface area contributed by atoms with Crippen LogP contribution < -0.4 is 0 Å². The van der Waals surface area contributed by atoms with Gasteiger partial charge in [-0.1, -0.05) is 0 Å². The van der Waals surface area contributed by atoms with Gasteiger partial charge in [0.2, 0.25) is 0 Å². The molecule has 0 bridgehead atoms. The summed E-state index contributed by atoms with van der Waals surface area (Å²) in [4.78, 5) is 0. The number of aliphatic hydroxyl groups is 10. The van der Waals surface area contributed by atoms with E-state index in [4.69, 9.17) is 23.7 Å². The Morgan fingerprint density at radius 3 is 1.64 bits per heavy atom. The molecule has 3 aliphatic heterocycles. The predicted molar refractivity (Wildman–Crippen MR) is 99.8 cm³/mol. The van der Waals surface area contributed by atoms with Crippen molar-refractivity contribution in [1.82, 2.24) is 0 Å². The summed E-state index contributed by atoms with van der Waals surface area (Å²) in [5.74, 6) is 0. The van der Waals surface area contributed by atoms with Crippen LogP contribution in [0.25, 0.3) is 0 Å². The van der Waals surface area contributed by atoms with E-state index in [-0.39, 0.29) is 0 Å². The van der Waals surface area contributed by atoms with Crippen LogP contribution in [0.4, 0.5) is 0 Å². The molecule has 0 radical (unpaired) electrons. The number of hydrogen-bond acceptors (Lipinski definition) is 15. The van der Waals surface area contributed by atoms with E-state index in [1.54, 1.807) is 0 Å². The summed E-state index contributed by atoms with van der Waals surface area (Å²) in [5.41, 5.74) is 0. The quantitative estimate of drug-likeness (QED) is 0.167. The summed E-state index contributed by atoms with van der Waals surface area (Å²) < 4.78 is 26.6. The fourth-order valence-corrected chi connectivity index (χ4v) is 4.03. The third-order valence-electron chi connectivity index (χ3n) is 6.05. The van der Waals surface area contributed by atoms with Crippen molar-refractivity contribution in [3.63, 3.8) is 0 Å². The SMILES string of the molecule is C[C@@H]1O[C@@H](O)[C@H](O)[C@H](O)[C@H]1O[C@@H]1O[C@H](CO)[C@@H](O)[C@H](O[C@@H]2O[C@H](CO)[C@@H](O)[C@H](O)[C@H]2O)[C@H]1O. The molecular formula is C18H32O15. The molecule has 3 rings (SSSR count). The maximum atomic E-state index is 10.7. The lowest BCUT2D eigenvalue weighted by atomic mass is 9.96. The van der Waals surface area contributed by atoms with Gasteiger partial charge in [-0.05, 0) is 6.92 Å². The largest absolute Gasteiger partial charge is 0.394 e. The van der Waals surface area contributed by atoms with E-state index in [9.17, 15) is 51.1 Å². The van der Waals surface area contributed by atoms with Crippen LogP contribution in [-0.2, 0) is 23.7 Å². The lowest BCUT2D eigenvalue weighted by molar-refractivity contribution is -0.377. The van der Waals surface area contributed by atoms with Crippen LogP contribution in [0.5, 0.6) is 0 Å². The zero-order valence-electron chi connectivity index (χ0n) is 17.6. The van der Waals surface area contributed by atoms with E-state index in [1.807, 2.05) is 0 Å². The summed E-state index contributed by atoms with van der Waals surface area (Å²) in [6.45, 7) is -0.0816. The first-order chi connectivity index (χ1) is 15.5. The summed E-state index contributed by atoms with van der Waals surface area (Å²) in [5, 5.41) is 99.8. The molecule has 0 unspecified atom stereocenters. The van der Waals surface area contributed by atoms with Crippen LogP contribution >= 0.6 is 0 Å². The highest BCUT2D eigenvalue weighted by atomic mass is 16.7. The van der Waals surface area contributed by atoms with Crippen LogP contribution in [0.3, 0.4) is 0 Å². The van der Waals surface area contributed by atoms with Crippen LogP contribution in [0, 0.1) is 0 Å². The van der Waals surface area contributed by atoms with E-state index in [0.29, 0.717) is 0 Å². The van der Waals surface area contributed by atoms with Crippen molar-refractivity contribution in [3.05, 3.63) is 0 Å². The lowest BCUT2D eigenvalue weighted by Crippen LogP contribution is -2.66. The molecule has 3 saturated heterocycles. The van der Waals surface area contributed by atoms with E-state index in [2.05, 4.69) is 0 Å². The van der Waals surface area contributed by atoms with Gasteiger partial charge in [0, 0.05) is 0 Å². The zero-order valence-corrected chi connectivity index (χ0v) is 17.6. The fourth-order valence-electron chi connectivity index (χ4n) is 4.03. The van der Waals surface area contributed by atoms with Crippen molar-refractivity contribution in [3.8, 4) is 0 Å². The Morgan fingerprint density at radius 2 is 1.06 bits per heavy atom. The van der Waals surface area contributed by atoms with Gasteiger partial charge in [0.1, 0.15) is 67.1 Å². The van der Waals surface area contributed by atoms with Crippen molar-refractivity contribution in [2.75, 3.05) is 13.2 Å². The number of hydrogen-bond donors (Lipinski definition) is 10. The highest BCUT2D eigenvalue weighted by Gasteiger charge is 2.53. The van der Waals surface area contributed by atoms with Crippen LogP contribution in [-0.4, -0.2) is 156 Å². The lowest BCUT2D eigenvalue weighted by Gasteiger charge is -2.47. The molecular weight excluding hydrogens is 456 g/mol. The Balaban J connectivity index is 1.76. The minimum absolute atomic E-state index is 0.736. The number of aliphatic hydroxyl groups excluding tert-OH is 10. The molecule has 0 aliphatic carbocycles. The molecule has 0 aromatic rings. The Hall–Kier alpha value is -0.600. The van der Waals surface area contributed by atoms with Crippen LogP contribution in [0.15, 0.2) is 0 Å². The Bertz CT molecular complexity index is 624. The molecule has 0 aromatic heterocycles. The molecule has 194 valence electrons. The number of ether oxygens (including phenoxy) is 5. The first kappa shape index (κ1) is 27.0.